The molecule has 4 rings (SSSR count). The number of benzene rings is 1. The van der Waals surface area contributed by atoms with E-state index in [0.717, 1.165) is 44.6 Å². The zero-order valence-corrected chi connectivity index (χ0v) is 17.2. The van der Waals surface area contributed by atoms with Crippen LogP contribution in [0.4, 0.5) is 0 Å². The topological polar surface area (TPSA) is 32.7 Å². The summed E-state index contributed by atoms with van der Waals surface area (Å²) in [5.74, 6) is 2.97. The zero-order chi connectivity index (χ0) is 19.2. The van der Waals surface area contributed by atoms with Gasteiger partial charge in [-0.25, -0.2) is 0 Å². The average molecular weight is 370 g/mol. The lowest BCUT2D eigenvalue weighted by atomic mass is 9.53. The molecular weight excluding hydrogens is 334 g/mol. The van der Waals surface area contributed by atoms with Crippen molar-refractivity contribution in [3.8, 4) is 5.75 Å². The Morgan fingerprint density at radius 2 is 2.07 bits per heavy atom. The Hall–Kier alpha value is -1.32. The van der Waals surface area contributed by atoms with Gasteiger partial charge in [0.15, 0.2) is 0 Å². The van der Waals surface area contributed by atoms with Crippen LogP contribution in [-0.4, -0.2) is 42.9 Å². The van der Waals surface area contributed by atoms with Crippen molar-refractivity contribution in [1.29, 1.82) is 0 Å². The number of fused-ring (bicyclic) bond motifs is 5. The van der Waals surface area contributed by atoms with Crippen LogP contribution >= 0.6 is 0 Å². The molecule has 2 saturated carbocycles. The molecule has 1 aromatic rings. The zero-order valence-electron chi connectivity index (χ0n) is 17.2. The van der Waals surface area contributed by atoms with Crippen molar-refractivity contribution in [3.05, 3.63) is 42.0 Å². The molecule has 0 radical (unpaired) electrons. The van der Waals surface area contributed by atoms with E-state index in [4.69, 9.17) is 4.74 Å². The van der Waals surface area contributed by atoms with Gasteiger partial charge in [0.25, 0.3) is 0 Å². The minimum Gasteiger partial charge on any atom is -0.492 e. The molecule has 0 aliphatic heterocycles. The van der Waals surface area contributed by atoms with Crippen molar-refractivity contribution in [1.82, 2.24) is 4.90 Å². The molecule has 5 atom stereocenters. The van der Waals surface area contributed by atoms with Gasteiger partial charge in [-0.3, -0.25) is 0 Å². The Labute approximate surface area is 164 Å². The molecule has 0 saturated heterocycles. The van der Waals surface area contributed by atoms with Crippen LogP contribution < -0.4 is 4.74 Å². The maximum absolute atomic E-state index is 11.2. The number of likely N-dealkylation sites (N-methyl/N-ethyl adjacent to an activating group) is 1. The van der Waals surface area contributed by atoms with Gasteiger partial charge in [-0.2, -0.15) is 0 Å². The summed E-state index contributed by atoms with van der Waals surface area (Å²) in [5, 5.41) is 11.2. The van der Waals surface area contributed by atoms with E-state index in [-0.39, 0.29) is 5.41 Å². The Bertz CT molecular complexity index is 714. The van der Waals surface area contributed by atoms with Crippen LogP contribution in [0.25, 0.3) is 0 Å². The molecule has 0 heterocycles. The quantitative estimate of drug-likeness (QED) is 0.781. The minimum absolute atomic E-state index is 0.00263. The number of hydrogen-bond donors (Lipinski definition) is 1. The predicted octanol–water partition coefficient (Wildman–Crippen LogP) is 4.40. The number of aliphatic hydroxyl groups is 1. The standard InChI is InChI=1S/C24H35NO2/c1-5-24(26)13-11-22-21-8-6-17-16-18(27-15-14-25(3)4)7-9-19(17)20(21)10-12-23(22,24)2/h5,7,9,16,20-22,26H,1,6,8,10-15H2,2-4H3/t20-,21-,22+,23+,24+/m1/s1. The van der Waals surface area contributed by atoms with Crippen molar-refractivity contribution in [2.24, 2.45) is 17.3 Å². The second-order valence-corrected chi connectivity index (χ2v) is 9.55. The van der Waals surface area contributed by atoms with Gasteiger partial charge < -0.3 is 14.7 Å². The number of rotatable bonds is 5. The SMILES string of the molecule is C=C[C@]1(O)CC[C@H]2[C@@H]3CCc4cc(OCCN(C)C)ccc4[C@H]3CC[C@@]21C. The maximum Gasteiger partial charge on any atom is 0.119 e. The van der Waals surface area contributed by atoms with Crippen molar-refractivity contribution in [2.45, 2.75) is 57.0 Å². The van der Waals surface area contributed by atoms with Gasteiger partial charge in [-0.05, 0) is 93.6 Å². The molecule has 3 aliphatic rings. The molecular formula is C24H35NO2. The fourth-order valence-corrected chi connectivity index (χ4v) is 6.38. The average Bonchev–Trinajstić information content (AvgIpc) is 2.93. The summed E-state index contributed by atoms with van der Waals surface area (Å²) in [7, 11) is 4.15. The lowest BCUT2D eigenvalue weighted by molar-refractivity contribution is -0.0707. The van der Waals surface area contributed by atoms with E-state index in [1.807, 2.05) is 6.08 Å². The molecule has 0 spiro atoms. The van der Waals surface area contributed by atoms with Crippen LogP contribution in [-0.2, 0) is 6.42 Å². The summed E-state index contributed by atoms with van der Waals surface area (Å²) in [6, 6.07) is 6.78. The molecule has 0 aromatic heterocycles. The number of hydrogen-bond acceptors (Lipinski definition) is 3. The number of nitrogens with zero attached hydrogens (tertiary/aromatic N) is 1. The first-order valence-electron chi connectivity index (χ1n) is 10.6. The van der Waals surface area contributed by atoms with E-state index in [0.29, 0.717) is 17.8 Å². The van der Waals surface area contributed by atoms with Crippen LogP contribution in [0.5, 0.6) is 5.75 Å². The summed E-state index contributed by atoms with van der Waals surface area (Å²) in [5.41, 5.74) is 2.36. The second-order valence-electron chi connectivity index (χ2n) is 9.55. The first-order valence-corrected chi connectivity index (χ1v) is 10.6. The van der Waals surface area contributed by atoms with Crippen molar-refractivity contribution >= 4 is 0 Å². The van der Waals surface area contributed by atoms with E-state index in [1.54, 1.807) is 5.56 Å². The summed E-state index contributed by atoms with van der Waals surface area (Å²) in [6.45, 7) is 7.96. The van der Waals surface area contributed by atoms with Crippen molar-refractivity contribution in [3.63, 3.8) is 0 Å². The first kappa shape index (κ1) is 19.0. The van der Waals surface area contributed by atoms with Crippen LogP contribution in [0.15, 0.2) is 30.9 Å². The van der Waals surface area contributed by atoms with Gasteiger partial charge in [0, 0.05) is 12.0 Å². The third-order valence-electron chi connectivity index (χ3n) is 8.06. The normalized spacial score (nSPS) is 37.4. The molecule has 0 unspecified atom stereocenters. The van der Waals surface area contributed by atoms with Gasteiger partial charge in [-0.1, -0.05) is 19.1 Å². The summed E-state index contributed by atoms with van der Waals surface area (Å²) >= 11 is 0. The monoisotopic (exact) mass is 369 g/mol. The third kappa shape index (κ3) is 3.03. The van der Waals surface area contributed by atoms with E-state index in [2.05, 4.69) is 50.7 Å². The molecule has 27 heavy (non-hydrogen) atoms. The molecule has 1 N–H and O–H groups in total. The van der Waals surface area contributed by atoms with Crippen LogP contribution in [0.1, 0.15) is 56.1 Å². The van der Waals surface area contributed by atoms with Gasteiger partial charge >= 0.3 is 0 Å². The maximum atomic E-state index is 11.2. The van der Waals surface area contributed by atoms with Gasteiger partial charge in [-0.15, -0.1) is 6.58 Å². The van der Waals surface area contributed by atoms with Crippen molar-refractivity contribution in [2.75, 3.05) is 27.2 Å². The predicted molar refractivity (Wildman–Crippen MR) is 110 cm³/mol. The van der Waals surface area contributed by atoms with Crippen LogP contribution in [0.3, 0.4) is 0 Å². The lowest BCUT2D eigenvalue weighted by Crippen LogP contribution is -2.49. The highest BCUT2D eigenvalue weighted by Gasteiger charge is 2.60. The summed E-state index contributed by atoms with van der Waals surface area (Å²) < 4.78 is 5.96. The molecule has 3 aliphatic carbocycles. The smallest absolute Gasteiger partial charge is 0.119 e. The van der Waals surface area contributed by atoms with E-state index < -0.39 is 5.60 Å². The highest BCUT2D eigenvalue weighted by Crippen LogP contribution is 2.64. The Kier molecular flexibility index (Phi) is 4.88. The van der Waals surface area contributed by atoms with Gasteiger partial charge in [0.1, 0.15) is 12.4 Å². The fraction of sp³-hybridized carbons (Fsp3) is 0.667. The molecule has 3 heteroatoms. The van der Waals surface area contributed by atoms with Gasteiger partial charge in [0.05, 0.1) is 5.60 Å². The third-order valence-corrected chi connectivity index (χ3v) is 8.06. The van der Waals surface area contributed by atoms with E-state index >= 15 is 0 Å². The lowest BCUT2D eigenvalue weighted by Gasteiger charge is -2.52. The van der Waals surface area contributed by atoms with Crippen molar-refractivity contribution < 1.29 is 9.84 Å². The Morgan fingerprint density at radius 3 is 2.81 bits per heavy atom. The highest BCUT2D eigenvalue weighted by molar-refractivity contribution is 5.41. The summed E-state index contributed by atoms with van der Waals surface area (Å²) in [4.78, 5) is 2.15. The first-order chi connectivity index (χ1) is 12.9. The minimum atomic E-state index is -0.674. The summed E-state index contributed by atoms with van der Waals surface area (Å²) in [6.07, 6.45) is 8.52. The number of ether oxygens (including phenoxy) is 1. The molecule has 0 amide bonds. The fourth-order valence-electron chi connectivity index (χ4n) is 6.38. The molecule has 2 fully saturated rings. The van der Waals surface area contributed by atoms with E-state index in [1.165, 1.54) is 18.4 Å². The Balaban J connectivity index is 1.53. The molecule has 0 bridgehead atoms. The largest absolute Gasteiger partial charge is 0.492 e. The van der Waals surface area contributed by atoms with E-state index in [9.17, 15) is 5.11 Å². The molecule has 148 valence electrons. The Morgan fingerprint density at radius 1 is 1.26 bits per heavy atom. The van der Waals surface area contributed by atoms with Crippen LogP contribution in [0.2, 0.25) is 0 Å². The molecule has 1 aromatic carbocycles. The molecule has 3 nitrogen and oxygen atoms in total. The highest BCUT2D eigenvalue weighted by atomic mass is 16.5. The second kappa shape index (κ2) is 6.93. The number of aryl methyl sites for hydroxylation is 1. The van der Waals surface area contributed by atoms with Crippen LogP contribution in [0, 0.1) is 17.3 Å². The van der Waals surface area contributed by atoms with Gasteiger partial charge in [0.2, 0.25) is 0 Å².